The molecule has 1 rings (SSSR count). The van der Waals surface area contributed by atoms with Gasteiger partial charge in [-0.2, -0.15) is 0 Å². The first kappa shape index (κ1) is 13.5. The first-order valence-electron chi connectivity index (χ1n) is 5.39. The van der Waals surface area contributed by atoms with Crippen LogP contribution in [-0.2, 0) is 6.54 Å². The van der Waals surface area contributed by atoms with E-state index in [4.69, 9.17) is 5.11 Å². The topological polar surface area (TPSA) is 75.4 Å². The van der Waals surface area contributed by atoms with Crippen molar-refractivity contribution in [3.63, 3.8) is 0 Å². The number of nitrogens with zero attached hydrogens (tertiary/aromatic N) is 1. The fourth-order valence-corrected chi connectivity index (χ4v) is 1.46. The van der Waals surface area contributed by atoms with Gasteiger partial charge in [-0.05, 0) is 31.5 Å². The molecule has 0 bridgehead atoms. The Morgan fingerprint density at radius 2 is 2.18 bits per heavy atom. The smallest absolute Gasteiger partial charge is 0.274 e. The molecule has 1 aromatic carbocycles. The van der Waals surface area contributed by atoms with Crippen LogP contribution in [0, 0.1) is 15.9 Å². The monoisotopic (exact) mass is 242 g/mol. The van der Waals surface area contributed by atoms with Crippen molar-refractivity contribution >= 4 is 5.69 Å². The average molecular weight is 242 g/mol. The first-order chi connectivity index (χ1) is 8.15. The van der Waals surface area contributed by atoms with Gasteiger partial charge in [0.2, 0.25) is 0 Å². The SMILES string of the molecule is O=[N+]([O-])c1ccc(F)cc1CNCCCCO. The van der Waals surface area contributed by atoms with Gasteiger partial charge in [0.1, 0.15) is 5.82 Å². The third kappa shape index (κ3) is 4.46. The summed E-state index contributed by atoms with van der Waals surface area (Å²) in [5.74, 6) is -0.484. The lowest BCUT2D eigenvalue weighted by Gasteiger charge is -2.05. The van der Waals surface area contributed by atoms with Crippen LogP contribution in [0.4, 0.5) is 10.1 Å². The van der Waals surface area contributed by atoms with E-state index in [-0.39, 0.29) is 18.8 Å². The normalized spacial score (nSPS) is 10.5. The van der Waals surface area contributed by atoms with Crippen LogP contribution in [0.15, 0.2) is 18.2 Å². The lowest BCUT2D eigenvalue weighted by Crippen LogP contribution is -2.16. The van der Waals surface area contributed by atoms with Gasteiger partial charge in [0.15, 0.2) is 0 Å². The summed E-state index contributed by atoms with van der Waals surface area (Å²) >= 11 is 0. The van der Waals surface area contributed by atoms with Crippen LogP contribution in [0.5, 0.6) is 0 Å². The molecular weight excluding hydrogens is 227 g/mol. The highest BCUT2D eigenvalue weighted by Gasteiger charge is 2.13. The molecule has 0 radical (unpaired) electrons. The summed E-state index contributed by atoms with van der Waals surface area (Å²) in [6, 6.07) is 3.41. The minimum atomic E-state index is -0.524. The van der Waals surface area contributed by atoms with E-state index in [1.165, 1.54) is 6.07 Å². The zero-order valence-corrected chi connectivity index (χ0v) is 9.36. The number of hydrogen-bond acceptors (Lipinski definition) is 4. The van der Waals surface area contributed by atoms with Crippen molar-refractivity contribution in [2.24, 2.45) is 0 Å². The second kappa shape index (κ2) is 6.93. The van der Waals surface area contributed by atoms with Gasteiger partial charge >= 0.3 is 0 Å². The minimum Gasteiger partial charge on any atom is -0.396 e. The fraction of sp³-hybridized carbons (Fsp3) is 0.455. The lowest BCUT2D eigenvalue weighted by atomic mass is 10.1. The van der Waals surface area contributed by atoms with Crippen LogP contribution in [0.2, 0.25) is 0 Å². The van der Waals surface area contributed by atoms with E-state index >= 15 is 0 Å². The number of hydrogen-bond donors (Lipinski definition) is 2. The summed E-state index contributed by atoms with van der Waals surface area (Å²) in [4.78, 5) is 10.2. The second-order valence-corrected chi connectivity index (χ2v) is 3.64. The third-order valence-corrected chi connectivity index (χ3v) is 2.32. The Labute approximate surface area is 98.4 Å². The maximum Gasteiger partial charge on any atom is 0.274 e. The molecule has 0 amide bonds. The molecule has 0 saturated carbocycles. The van der Waals surface area contributed by atoms with Crippen molar-refractivity contribution in [2.45, 2.75) is 19.4 Å². The average Bonchev–Trinajstić information content (AvgIpc) is 2.28. The Bertz CT molecular complexity index is 385. The molecular formula is C11H15FN2O3. The van der Waals surface area contributed by atoms with Gasteiger partial charge < -0.3 is 10.4 Å². The van der Waals surface area contributed by atoms with Gasteiger partial charge in [-0.1, -0.05) is 0 Å². The summed E-state index contributed by atoms with van der Waals surface area (Å²) in [5, 5.41) is 22.2. The lowest BCUT2D eigenvalue weighted by molar-refractivity contribution is -0.385. The summed E-state index contributed by atoms with van der Waals surface area (Å²) in [6.07, 6.45) is 1.46. The molecule has 2 N–H and O–H groups in total. The number of benzene rings is 1. The Kier molecular flexibility index (Phi) is 5.51. The summed E-state index contributed by atoms with van der Waals surface area (Å²) in [6.45, 7) is 1.01. The maximum atomic E-state index is 13.0. The molecule has 0 aromatic heterocycles. The maximum absolute atomic E-state index is 13.0. The van der Waals surface area contributed by atoms with Crippen LogP contribution < -0.4 is 5.32 Å². The number of unbranched alkanes of at least 4 members (excludes halogenated alkanes) is 1. The largest absolute Gasteiger partial charge is 0.396 e. The Hall–Kier alpha value is -1.53. The van der Waals surface area contributed by atoms with Gasteiger partial charge in [0.25, 0.3) is 5.69 Å². The molecule has 0 heterocycles. The number of aliphatic hydroxyl groups excluding tert-OH is 1. The highest BCUT2D eigenvalue weighted by molar-refractivity contribution is 5.40. The highest BCUT2D eigenvalue weighted by atomic mass is 19.1. The van der Waals surface area contributed by atoms with Crippen molar-refractivity contribution in [3.05, 3.63) is 39.7 Å². The predicted octanol–water partition coefficient (Wildman–Crippen LogP) is 1.60. The Balaban J connectivity index is 2.56. The van der Waals surface area contributed by atoms with E-state index in [1.54, 1.807) is 0 Å². The molecule has 6 heteroatoms. The van der Waals surface area contributed by atoms with Gasteiger partial charge in [-0.3, -0.25) is 10.1 Å². The van der Waals surface area contributed by atoms with E-state index in [0.29, 0.717) is 18.5 Å². The summed E-state index contributed by atoms with van der Waals surface area (Å²) in [7, 11) is 0. The Morgan fingerprint density at radius 1 is 1.41 bits per heavy atom. The molecule has 0 aliphatic heterocycles. The number of nitrogens with one attached hydrogen (secondary N) is 1. The van der Waals surface area contributed by atoms with Gasteiger partial charge in [0, 0.05) is 24.8 Å². The van der Waals surface area contributed by atoms with Crippen LogP contribution >= 0.6 is 0 Å². The van der Waals surface area contributed by atoms with Gasteiger partial charge in [0.05, 0.1) is 4.92 Å². The standard InChI is InChI=1S/C11H15FN2O3/c12-10-3-4-11(14(16)17)9(7-10)8-13-5-1-2-6-15/h3-4,7,13,15H,1-2,5-6,8H2. The number of nitro groups is 1. The van der Waals surface area contributed by atoms with Crippen molar-refractivity contribution in [2.75, 3.05) is 13.2 Å². The quantitative estimate of drug-likeness (QED) is 0.432. The van der Waals surface area contributed by atoms with Crippen LogP contribution in [0.3, 0.4) is 0 Å². The molecule has 0 unspecified atom stereocenters. The third-order valence-electron chi connectivity index (χ3n) is 2.32. The molecule has 5 nitrogen and oxygen atoms in total. The minimum absolute atomic E-state index is 0.0824. The zero-order valence-electron chi connectivity index (χ0n) is 9.36. The number of halogens is 1. The zero-order chi connectivity index (χ0) is 12.7. The number of rotatable bonds is 7. The van der Waals surface area contributed by atoms with E-state index in [9.17, 15) is 14.5 Å². The number of aliphatic hydroxyl groups is 1. The summed E-state index contributed by atoms with van der Waals surface area (Å²) < 4.78 is 13.0. The molecule has 0 fully saturated rings. The van der Waals surface area contributed by atoms with E-state index in [2.05, 4.69) is 5.32 Å². The number of nitro benzene ring substituents is 1. The summed E-state index contributed by atoms with van der Waals surface area (Å²) in [5.41, 5.74) is 0.250. The molecule has 17 heavy (non-hydrogen) atoms. The molecule has 94 valence electrons. The Morgan fingerprint density at radius 3 is 2.82 bits per heavy atom. The molecule has 0 spiro atoms. The second-order valence-electron chi connectivity index (χ2n) is 3.64. The van der Waals surface area contributed by atoms with E-state index < -0.39 is 10.7 Å². The molecule has 0 aliphatic rings. The van der Waals surface area contributed by atoms with Crippen molar-refractivity contribution in [1.29, 1.82) is 0 Å². The first-order valence-corrected chi connectivity index (χ1v) is 5.39. The highest BCUT2D eigenvalue weighted by Crippen LogP contribution is 2.19. The fourth-order valence-electron chi connectivity index (χ4n) is 1.46. The van der Waals surface area contributed by atoms with E-state index in [0.717, 1.165) is 18.6 Å². The van der Waals surface area contributed by atoms with E-state index in [1.807, 2.05) is 0 Å². The van der Waals surface area contributed by atoms with Gasteiger partial charge in [-0.25, -0.2) is 4.39 Å². The van der Waals surface area contributed by atoms with Crippen LogP contribution in [0.1, 0.15) is 18.4 Å². The molecule has 0 atom stereocenters. The van der Waals surface area contributed by atoms with Crippen molar-refractivity contribution in [1.82, 2.24) is 5.32 Å². The van der Waals surface area contributed by atoms with Gasteiger partial charge in [-0.15, -0.1) is 0 Å². The van der Waals surface area contributed by atoms with Crippen LogP contribution in [0.25, 0.3) is 0 Å². The molecule has 0 saturated heterocycles. The molecule has 0 aliphatic carbocycles. The molecule has 1 aromatic rings. The predicted molar refractivity (Wildman–Crippen MR) is 61.1 cm³/mol. The van der Waals surface area contributed by atoms with Crippen LogP contribution in [-0.4, -0.2) is 23.2 Å². The van der Waals surface area contributed by atoms with Crippen molar-refractivity contribution in [3.8, 4) is 0 Å². The van der Waals surface area contributed by atoms with Crippen molar-refractivity contribution < 1.29 is 14.4 Å².